The van der Waals surface area contributed by atoms with E-state index < -0.39 is 11.5 Å². The number of carbonyl (C=O) groups excluding carboxylic acids is 2. The van der Waals surface area contributed by atoms with Crippen LogP contribution in [-0.4, -0.2) is 28.2 Å². The third-order valence-electron chi connectivity index (χ3n) is 4.97. The largest absolute Gasteiger partial charge is 0.466 e. The molecule has 0 aliphatic carbocycles. The lowest BCUT2D eigenvalue weighted by Crippen LogP contribution is -2.41. The van der Waals surface area contributed by atoms with Gasteiger partial charge in [-0.2, -0.15) is 0 Å². The van der Waals surface area contributed by atoms with Crippen molar-refractivity contribution in [3.05, 3.63) is 53.8 Å². The minimum Gasteiger partial charge on any atom is -0.466 e. The Bertz CT molecular complexity index is 1080. The van der Waals surface area contributed by atoms with Gasteiger partial charge in [0.2, 0.25) is 5.71 Å². The number of aromatic nitrogens is 1. The highest BCUT2D eigenvalue weighted by Gasteiger charge is 2.43. The Hall–Kier alpha value is -3.42. The third-order valence-corrected chi connectivity index (χ3v) is 4.97. The van der Waals surface area contributed by atoms with Crippen LogP contribution in [-0.2, 0) is 16.1 Å². The van der Waals surface area contributed by atoms with Gasteiger partial charge in [-0.1, -0.05) is 13.8 Å². The van der Waals surface area contributed by atoms with Crippen molar-refractivity contribution >= 4 is 28.8 Å². The van der Waals surface area contributed by atoms with E-state index in [1.165, 1.54) is 12.5 Å². The van der Waals surface area contributed by atoms with Crippen molar-refractivity contribution in [3.63, 3.8) is 0 Å². The zero-order valence-electron chi connectivity index (χ0n) is 15.7. The van der Waals surface area contributed by atoms with Gasteiger partial charge in [0.15, 0.2) is 5.84 Å². The monoisotopic (exact) mass is 381 g/mol. The summed E-state index contributed by atoms with van der Waals surface area (Å²) in [6, 6.07) is 6.73. The summed E-state index contributed by atoms with van der Waals surface area (Å²) >= 11 is 0. The number of nitrogens with one attached hydrogen (secondary N) is 1. The molecule has 1 aliphatic rings. The van der Waals surface area contributed by atoms with Crippen LogP contribution in [0, 0.1) is 5.92 Å². The van der Waals surface area contributed by atoms with E-state index in [-0.39, 0.29) is 35.5 Å². The van der Waals surface area contributed by atoms with Gasteiger partial charge in [-0.3, -0.25) is 4.79 Å². The Morgan fingerprint density at radius 1 is 1.29 bits per heavy atom. The highest BCUT2D eigenvalue weighted by molar-refractivity contribution is 6.18. The van der Waals surface area contributed by atoms with Gasteiger partial charge in [0.25, 0.3) is 5.91 Å². The second-order valence-corrected chi connectivity index (χ2v) is 7.07. The maximum Gasteiger partial charge on any atom is 0.340 e. The van der Waals surface area contributed by atoms with Crippen molar-refractivity contribution in [1.29, 1.82) is 0 Å². The molecule has 1 aliphatic heterocycles. The Morgan fingerprint density at radius 3 is 2.79 bits per heavy atom. The van der Waals surface area contributed by atoms with Crippen LogP contribution in [0.15, 0.2) is 50.6 Å². The molecule has 144 valence electrons. The fourth-order valence-corrected chi connectivity index (χ4v) is 2.89. The number of nitrogens with zero attached hydrogens (tertiary/aromatic N) is 2. The lowest BCUT2D eigenvalue weighted by Gasteiger charge is -2.21. The van der Waals surface area contributed by atoms with Crippen LogP contribution in [0.5, 0.6) is 0 Å². The first kappa shape index (κ1) is 18.0. The average molecular weight is 381 g/mol. The van der Waals surface area contributed by atoms with E-state index in [2.05, 4.69) is 15.3 Å². The number of amides is 1. The van der Waals surface area contributed by atoms with E-state index in [1.54, 1.807) is 31.2 Å². The molecule has 1 amide bonds. The normalized spacial score (nSPS) is 19.1. The molecule has 3 aromatic rings. The van der Waals surface area contributed by atoms with Crippen molar-refractivity contribution < 1.29 is 23.2 Å². The summed E-state index contributed by atoms with van der Waals surface area (Å²) < 4.78 is 15.9. The molecule has 1 atom stereocenters. The predicted octanol–water partition coefficient (Wildman–Crippen LogP) is 3.07. The molecule has 0 fully saturated rings. The first-order chi connectivity index (χ1) is 13.4. The van der Waals surface area contributed by atoms with Crippen molar-refractivity contribution in [2.75, 3.05) is 0 Å². The van der Waals surface area contributed by atoms with Crippen molar-refractivity contribution in [2.24, 2.45) is 10.9 Å². The highest BCUT2D eigenvalue weighted by Crippen LogP contribution is 2.28. The minimum absolute atomic E-state index is 0.0166. The van der Waals surface area contributed by atoms with E-state index in [4.69, 9.17) is 13.6 Å². The van der Waals surface area contributed by atoms with Crippen LogP contribution < -0.4 is 5.32 Å². The van der Waals surface area contributed by atoms with Gasteiger partial charge in [-0.25, -0.2) is 14.8 Å². The molecule has 0 bridgehead atoms. The number of hydrogen-bond acceptors (Lipinski definition) is 7. The fraction of sp³-hybridized carbons (Fsp3) is 0.300. The lowest BCUT2D eigenvalue weighted by atomic mass is 9.89. The molecule has 4 heterocycles. The number of pyridine rings is 1. The summed E-state index contributed by atoms with van der Waals surface area (Å²) in [4.78, 5) is 34.2. The number of hydrogen-bond donors (Lipinski definition) is 1. The molecule has 28 heavy (non-hydrogen) atoms. The third kappa shape index (κ3) is 2.96. The first-order valence-electron chi connectivity index (χ1n) is 8.88. The SMILES string of the molecule is CC(C)C1(C)N=C(c2nc3occc3cc2C(=O)OCc2ccco2)NC1=O. The predicted molar refractivity (Wildman–Crippen MR) is 99.8 cm³/mol. The molecular weight excluding hydrogens is 362 g/mol. The van der Waals surface area contributed by atoms with Crippen LogP contribution in [0.2, 0.25) is 0 Å². The number of fused-ring (bicyclic) bond motifs is 1. The number of rotatable bonds is 5. The Labute approximate surface area is 160 Å². The van der Waals surface area contributed by atoms with E-state index >= 15 is 0 Å². The summed E-state index contributed by atoms with van der Waals surface area (Å²) in [7, 11) is 0. The molecule has 8 heteroatoms. The Balaban J connectivity index is 1.74. The van der Waals surface area contributed by atoms with Crippen LogP contribution >= 0.6 is 0 Å². The smallest absolute Gasteiger partial charge is 0.340 e. The van der Waals surface area contributed by atoms with Gasteiger partial charge >= 0.3 is 5.97 Å². The zero-order valence-corrected chi connectivity index (χ0v) is 15.7. The molecule has 8 nitrogen and oxygen atoms in total. The zero-order chi connectivity index (χ0) is 19.9. The van der Waals surface area contributed by atoms with E-state index in [9.17, 15) is 9.59 Å². The summed E-state index contributed by atoms with van der Waals surface area (Å²) in [5, 5.41) is 3.39. The standard InChI is InChI=1S/C20H19N3O5/c1-11(2)20(3)19(25)22-16(23-20)15-14(9-12-6-8-27-17(12)21-15)18(24)28-10-13-5-4-7-26-13/h4-9,11H,10H2,1-3H3,(H,22,23,25). The molecule has 1 N–H and O–H groups in total. The van der Waals surface area contributed by atoms with Crippen LogP contribution in [0.25, 0.3) is 11.1 Å². The molecular formula is C20H19N3O5. The summed E-state index contributed by atoms with van der Waals surface area (Å²) in [5.41, 5.74) is -0.199. The average Bonchev–Trinajstić information content (AvgIpc) is 3.39. The van der Waals surface area contributed by atoms with E-state index in [0.717, 1.165) is 0 Å². The van der Waals surface area contributed by atoms with Crippen molar-refractivity contribution in [2.45, 2.75) is 32.9 Å². The number of carbonyl (C=O) groups is 2. The minimum atomic E-state index is -0.940. The maximum absolute atomic E-state index is 12.8. The summed E-state index contributed by atoms with van der Waals surface area (Å²) in [6.45, 7) is 5.55. The highest BCUT2D eigenvalue weighted by atomic mass is 16.5. The van der Waals surface area contributed by atoms with Crippen molar-refractivity contribution in [1.82, 2.24) is 10.3 Å². The van der Waals surface area contributed by atoms with Gasteiger partial charge in [0.05, 0.1) is 18.1 Å². The topological polar surface area (TPSA) is 107 Å². The fourth-order valence-electron chi connectivity index (χ4n) is 2.89. The second kappa shape index (κ2) is 6.63. The molecule has 0 spiro atoms. The molecule has 4 rings (SSSR count). The number of ether oxygens (including phenoxy) is 1. The molecule has 0 saturated heterocycles. The molecule has 0 saturated carbocycles. The summed E-state index contributed by atoms with van der Waals surface area (Å²) in [6.07, 6.45) is 2.98. The van der Waals surface area contributed by atoms with Gasteiger partial charge in [0.1, 0.15) is 23.6 Å². The molecule has 1 unspecified atom stereocenters. The van der Waals surface area contributed by atoms with Crippen LogP contribution in [0.3, 0.4) is 0 Å². The molecule has 0 radical (unpaired) electrons. The number of esters is 1. The van der Waals surface area contributed by atoms with E-state index in [0.29, 0.717) is 16.9 Å². The lowest BCUT2D eigenvalue weighted by molar-refractivity contribution is -0.124. The van der Waals surface area contributed by atoms with Gasteiger partial charge in [0, 0.05) is 5.39 Å². The van der Waals surface area contributed by atoms with Gasteiger partial charge < -0.3 is 18.9 Å². The number of amidine groups is 1. The summed E-state index contributed by atoms with van der Waals surface area (Å²) in [5.74, 6) is -0.131. The van der Waals surface area contributed by atoms with Crippen molar-refractivity contribution in [3.8, 4) is 0 Å². The quantitative estimate of drug-likeness (QED) is 0.681. The second-order valence-electron chi connectivity index (χ2n) is 7.07. The maximum atomic E-state index is 12.8. The Morgan fingerprint density at radius 2 is 2.11 bits per heavy atom. The number of furan rings is 2. The van der Waals surface area contributed by atoms with Crippen LogP contribution in [0.4, 0.5) is 0 Å². The van der Waals surface area contributed by atoms with Crippen LogP contribution in [0.1, 0.15) is 42.6 Å². The van der Waals surface area contributed by atoms with E-state index in [1.807, 2.05) is 13.8 Å². The van der Waals surface area contributed by atoms with Gasteiger partial charge in [-0.05, 0) is 37.1 Å². The molecule has 0 aromatic carbocycles. The first-order valence-corrected chi connectivity index (χ1v) is 8.88. The van der Waals surface area contributed by atoms with Gasteiger partial charge in [-0.15, -0.1) is 0 Å². The molecule has 3 aromatic heterocycles. The number of aliphatic imine (C=N–C) groups is 1. The Kier molecular flexibility index (Phi) is 4.26.